The summed E-state index contributed by atoms with van der Waals surface area (Å²) in [5.74, 6) is 1.91. The van der Waals surface area contributed by atoms with Crippen LogP contribution in [0.25, 0.3) is 10.9 Å². The lowest BCUT2D eigenvalue weighted by Crippen LogP contribution is -2.23. The summed E-state index contributed by atoms with van der Waals surface area (Å²) < 4.78 is 14.8. The van der Waals surface area contributed by atoms with Crippen molar-refractivity contribution in [3.8, 4) is 11.5 Å². The van der Waals surface area contributed by atoms with Crippen LogP contribution in [0.5, 0.6) is 11.5 Å². The third kappa shape index (κ3) is 5.41. The number of ether oxygens (including phenoxy) is 2. The Morgan fingerprint density at radius 3 is 2.56 bits per heavy atom. The van der Waals surface area contributed by atoms with Gasteiger partial charge in [0, 0.05) is 10.4 Å². The topological polar surface area (TPSA) is 65.7 Å². The van der Waals surface area contributed by atoms with Gasteiger partial charge in [0.15, 0.2) is 11.5 Å². The van der Waals surface area contributed by atoms with E-state index in [9.17, 15) is 4.79 Å². The van der Waals surface area contributed by atoms with Crippen molar-refractivity contribution in [1.29, 1.82) is 0 Å². The Morgan fingerprint density at radius 1 is 1.16 bits per heavy atom. The standard InChI is InChI=1S/C24H27Br2N3O3/c1-6-15(5)32-22-19(26)10-16(11-21(22)31-7-2)13-27-29-23(14(3)4)28-20-9-8-17(25)12-18(20)24(29)30/h8-15H,6-7H2,1-5H3/t15-/m0/s1. The van der Waals surface area contributed by atoms with Crippen molar-refractivity contribution >= 4 is 49.0 Å². The SMILES string of the molecule is CCOc1cc(C=Nn2c(C(C)C)nc3ccc(Br)cc3c2=O)cc(Br)c1O[C@@H](C)CC. The van der Waals surface area contributed by atoms with Crippen molar-refractivity contribution in [1.82, 2.24) is 9.66 Å². The molecule has 0 aliphatic carbocycles. The van der Waals surface area contributed by atoms with E-state index in [0.29, 0.717) is 34.8 Å². The Hall–Kier alpha value is -2.19. The molecule has 8 heteroatoms. The van der Waals surface area contributed by atoms with Gasteiger partial charge < -0.3 is 9.47 Å². The van der Waals surface area contributed by atoms with Gasteiger partial charge in [-0.15, -0.1) is 0 Å². The molecule has 0 amide bonds. The molecule has 0 unspecified atom stereocenters. The van der Waals surface area contributed by atoms with Crippen molar-refractivity contribution in [3.05, 3.63) is 61.0 Å². The summed E-state index contributed by atoms with van der Waals surface area (Å²) in [7, 11) is 0. The second kappa shape index (κ2) is 10.6. The van der Waals surface area contributed by atoms with E-state index in [1.165, 1.54) is 4.68 Å². The van der Waals surface area contributed by atoms with Crippen LogP contribution in [0, 0.1) is 0 Å². The van der Waals surface area contributed by atoms with Crippen molar-refractivity contribution in [2.75, 3.05) is 6.61 Å². The van der Waals surface area contributed by atoms with Gasteiger partial charge in [-0.2, -0.15) is 9.78 Å². The molecule has 3 rings (SSSR count). The van der Waals surface area contributed by atoms with Gasteiger partial charge in [-0.3, -0.25) is 4.79 Å². The minimum Gasteiger partial charge on any atom is -0.490 e. The molecule has 1 aromatic heterocycles. The highest BCUT2D eigenvalue weighted by atomic mass is 79.9. The van der Waals surface area contributed by atoms with Crippen LogP contribution in [0.4, 0.5) is 0 Å². The number of rotatable bonds is 8. The van der Waals surface area contributed by atoms with Gasteiger partial charge in [0.05, 0.1) is 34.3 Å². The van der Waals surface area contributed by atoms with Crippen LogP contribution in [0.15, 0.2) is 49.2 Å². The van der Waals surface area contributed by atoms with Crippen molar-refractivity contribution in [2.24, 2.45) is 5.10 Å². The van der Waals surface area contributed by atoms with Crippen LogP contribution >= 0.6 is 31.9 Å². The molecule has 0 radical (unpaired) electrons. The lowest BCUT2D eigenvalue weighted by molar-refractivity contribution is 0.202. The van der Waals surface area contributed by atoms with Gasteiger partial charge >= 0.3 is 0 Å². The Labute approximate surface area is 204 Å². The molecular formula is C24H27Br2N3O3. The number of fused-ring (bicyclic) bond motifs is 1. The smallest absolute Gasteiger partial charge is 0.282 e. The average Bonchev–Trinajstić information content (AvgIpc) is 2.75. The molecule has 0 spiro atoms. The van der Waals surface area contributed by atoms with Crippen LogP contribution in [0.3, 0.4) is 0 Å². The van der Waals surface area contributed by atoms with E-state index >= 15 is 0 Å². The van der Waals surface area contributed by atoms with Gasteiger partial charge in [-0.1, -0.05) is 36.7 Å². The maximum absolute atomic E-state index is 13.2. The van der Waals surface area contributed by atoms with E-state index in [0.717, 1.165) is 20.9 Å². The Bertz CT molecular complexity index is 1210. The molecule has 6 nitrogen and oxygen atoms in total. The molecule has 0 N–H and O–H groups in total. The first-order valence-electron chi connectivity index (χ1n) is 10.6. The van der Waals surface area contributed by atoms with Crippen molar-refractivity contribution < 1.29 is 9.47 Å². The minimum absolute atomic E-state index is 0.0185. The molecule has 0 saturated carbocycles. The predicted molar refractivity (Wildman–Crippen MR) is 136 cm³/mol. The summed E-state index contributed by atoms with van der Waals surface area (Å²) in [6, 6.07) is 9.24. The van der Waals surface area contributed by atoms with Gasteiger partial charge in [-0.25, -0.2) is 4.98 Å². The molecule has 0 aliphatic heterocycles. The van der Waals surface area contributed by atoms with Crippen LogP contribution in [0.2, 0.25) is 0 Å². The molecule has 2 aromatic carbocycles. The second-order valence-electron chi connectivity index (χ2n) is 7.75. The van der Waals surface area contributed by atoms with Gasteiger partial charge in [-0.05, 0) is 72.1 Å². The first kappa shape index (κ1) is 24.5. The monoisotopic (exact) mass is 563 g/mol. The van der Waals surface area contributed by atoms with Crippen LogP contribution in [0.1, 0.15) is 58.3 Å². The summed E-state index contributed by atoms with van der Waals surface area (Å²) in [5.41, 5.74) is 1.21. The first-order valence-corrected chi connectivity index (χ1v) is 12.2. The molecule has 0 aliphatic rings. The number of benzene rings is 2. The quantitative estimate of drug-likeness (QED) is 0.293. The maximum Gasteiger partial charge on any atom is 0.282 e. The lowest BCUT2D eigenvalue weighted by Gasteiger charge is -2.18. The maximum atomic E-state index is 13.2. The zero-order valence-electron chi connectivity index (χ0n) is 18.9. The number of hydrogen-bond acceptors (Lipinski definition) is 5. The fraction of sp³-hybridized carbons (Fsp3) is 0.375. The Morgan fingerprint density at radius 2 is 1.91 bits per heavy atom. The van der Waals surface area contributed by atoms with Gasteiger partial charge in [0.1, 0.15) is 5.82 Å². The third-order valence-electron chi connectivity index (χ3n) is 4.90. The summed E-state index contributed by atoms with van der Waals surface area (Å²) >= 11 is 7.02. The summed E-state index contributed by atoms with van der Waals surface area (Å²) in [6.07, 6.45) is 2.58. The average molecular weight is 565 g/mol. The number of halogens is 2. The summed E-state index contributed by atoms with van der Waals surface area (Å²) in [6.45, 7) is 10.5. The highest BCUT2D eigenvalue weighted by molar-refractivity contribution is 9.10. The summed E-state index contributed by atoms with van der Waals surface area (Å²) in [4.78, 5) is 17.9. The van der Waals surface area contributed by atoms with E-state index in [-0.39, 0.29) is 17.6 Å². The molecule has 1 heterocycles. The number of hydrogen-bond donors (Lipinski definition) is 0. The van der Waals surface area contributed by atoms with Crippen molar-refractivity contribution in [3.63, 3.8) is 0 Å². The highest BCUT2D eigenvalue weighted by Gasteiger charge is 2.16. The zero-order valence-corrected chi connectivity index (χ0v) is 22.0. The lowest BCUT2D eigenvalue weighted by atomic mass is 10.2. The molecule has 1 atom stereocenters. The first-order chi connectivity index (χ1) is 15.2. The van der Waals surface area contributed by atoms with E-state index in [1.54, 1.807) is 12.3 Å². The molecular weight excluding hydrogens is 538 g/mol. The second-order valence-corrected chi connectivity index (χ2v) is 9.52. The molecule has 170 valence electrons. The highest BCUT2D eigenvalue weighted by Crippen LogP contribution is 2.37. The van der Waals surface area contributed by atoms with Gasteiger partial charge in [0.2, 0.25) is 0 Å². The normalized spacial score (nSPS) is 12.6. The molecule has 0 bridgehead atoms. The van der Waals surface area contributed by atoms with E-state index < -0.39 is 0 Å². The van der Waals surface area contributed by atoms with Crippen LogP contribution in [-0.2, 0) is 0 Å². The zero-order chi connectivity index (χ0) is 23.4. The van der Waals surface area contributed by atoms with E-state index in [1.807, 2.05) is 52.0 Å². The molecule has 0 saturated heterocycles. The van der Waals surface area contributed by atoms with Crippen LogP contribution in [-0.4, -0.2) is 28.6 Å². The minimum atomic E-state index is -0.211. The van der Waals surface area contributed by atoms with Gasteiger partial charge in [0.25, 0.3) is 5.56 Å². The molecule has 3 aromatic rings. The summed E-state index contributed by atoms with van der Waals surface area (Å²) in [5, 5.41) is 5.02. The molecule has 32 heavy (non-hydrogen) atoms. The fourth-order valence-corrected chi connectivity index (χ4v) is 4.01. The van der Waals surface area contributed by atoms with E-state index in [2.05, 4.69) is 48.9 Å². The van der Waals surface area contributed by atoms with Crippen molar-refractivity contribution in [2.45, 2.75) is 53.1 Å². The molecule has 0 fully saturated rings. The Balaban J connectivity index is 2.09. The number of aromatic nitrogens is 2. The third-order valence-corrected chi connectivity index (χ3v) is 5.98. The van der Waals surface area contributed by atoms with Crippen LogP contribution < -0.4 is 15.0 Å². The fourth-order valence-electron chi connectivity index (χ4n) is 3.10. The largest absolute Gasteiger partial charge is 0.490 e. The predicted octanol–water partition coefficient (Wildman–Crippen LogP) is 6.50. The number of nitrogens with zero attached hydrogens (tertiary/aromatic N) is 3. The Kier molecular flexibility index (Phi) is 8.11. The van der Waals surface area contributed by atoms with E-state index in [4.69, 9.17) is 9.47 Å².